The predicted octanol–water partition coefficient (Wildman–Crippen LogP) is 4.36. The third-order valence-corrected chi connectivity index (χ3v) is 5.08. The van der Waals surface area contributed by atoms with Gasteiger partial charge >= 0.3 is 0 Å². The summed E-state index contributed by atoms with van der Waals surface area (Å²) in [5.74, 6) is 1.22. The molecular weight excluding hydrogens is 256 g/mol. The molecule has 2 aliphatic rings. The van der Waals surface area contributed by atoms with E-state index in [0.717, 1.165) is 30.9 Å². The highest BCUT2D eigenvalue weighted by Crippen LogP contribution is 2.62. The average molecular weight is 279 g/mol. The van der Waals surface area contributed by atoms with Crippen LogP contribution in [0.15, 0.2) is 12.1 Å². The monoisotopic (exact) mass is 279 g/mol. The summed E-state index contributed by atoms with van der Waals surface area (Å²) in [5, 5.41) is 3.50. The molecule has 1 nitrogen and oxygen atoms in total. The van der Waals surface area contributed by atoms with Gasteiger partial charge < -0.3 is 5.32 Å². The number of hydrogen-bond acceptors (Lipinski definition) is 1. The molecule has 1 aromatic rings. The molecule has 3 unspecified atom stereocenters. The van der Waals surface area contributed by atoms with Crippen LogP contribution in [-0.4, -0.2) is 6.54 Å². The van der Waals surface area contributed by atoms with Crippen molar-refractivity contribution < 1.29 is 8.78 Å². The fourth-order valence-corrected chi connectivity index (χ4v) is 4.04. The molecule has 3 heteroatoms. The Hall–Kier alpha value is -0.960. The molecule has 0 aromatic heterocycles. The van der Waals surface area contributed by atoms with Crippen molar-refractivity contribution in [2.45, 2.75) is 45.6 Å². The lowest BCUT2D eigenvalue weighted by Crippen LogP contribution is -2.26. The lowest BCUT2D eigenvalue weighted by atomic mass is 9.95. The van der Waals surface area contributed by atoms with Crippen LogP contribution in [0.3, 0.4) is 0 Å². The van der Waals surface area contributed by atoms with Crippen LogP contribution in [0.2, 0.25) is 0 Å². The number of nitrogens with one attached hydrogen (secondary N) is 1. The molecule has 0 radical (unpaired) electrons. The summed E-state index contributed by atoms with van der Waals surface area (Å²) in [7, 11) is 0. The molecule has 20 heavy (non-hydrogen) atoms. The van der Waals surface area contributed by atoms with E-state index in [1.165, 1.54) is 19.3 Å². The molecule has 0 spiro atoms. The van der Waals surface area contributed by atoms with E-state index >= 15 is 0 Å². The Morgan fingerprint density at radius 3 is 2.55 bits per heavy atom. The molecule has 1 N–H and O–H groups in total. The van der Waals surface area contributed by atoms with E-state index in [0.29, 0.717) is 17.0 Å². The Bertz CT molecular complexity index is 490. The van der Waals surface area contributed by atoms with Gasteiger partial charge in [-0.05, 0) is 62.1 Å². The summed E-state index contributed by atoms with van der Waals surface area (Å²) in [6, 6.07) is 2.81. The normalized spacial score (nSPS) is 29.3. The van der Waals surface area contributed by atoms with E-state index in [1.807, 2.05) is 0 Å². The van der Waals surface area contributed by atoms with E-state index in [4.69, 9.17) is 0 Å². The van der Waals surface area contributed by atoms with Gasteiger partial charge in [0, 0.05) is 17.7 Å². The van der Waals surface area contributed by atoms with Crippen LogP contribution in [-0.2, 0) is 0 Å². The first kappa shape index (κ1) is 14.0. The van der Waals surface area contributed by atoms with Crippen molar-refractivity contribution >= 4 is 0 Å². The molecule has 0 heterocycles. The number of rotatable bonds is 5. The number of halogens is 2. The second kappa shape index (κ2) is 5.44. The largest absolute Gasteiger partial charge is 0.310 e. The molecule has 110 valence electrons. The van der Waals surface area contributed by atoms with Crippen LogP contribution in [0.5, 0.6) is 0 Å². The van der Waals surface area contributed by atoms with Crippen molar-refractivity contribution in [2.75, 3.05) is 6.54 Å². The van der Waals surface area contributed by atoms with Crippen molar-refractivity contribution in [2.24, 2.45) is 17.8 Å². The number of fused-ring (bicyclic) bond motifs is 1. The minimum atomic E-state index is -0.448. The van der Waals surface area contributed by atoms with Crippen LogP contribution >= 0.6 is 0 Å². The lowest BCUT2D eigenvalue weighted by Gasteiger charge is -2.22. The number of hydrogen-bond donors (Lipinski definition) is 1. The lowest BCUT2D eigenvalue weighted by molar-refractivity contribution is 0.402. The van der Waals surface area contributed by atoms with Crippen LogP contribution in [0, 0.1) is 36.3 Å². The summed E-state index contributed by atoms with van der Waals surface area (Å²) in [6.07, 6.45) is 4.90. The molecule has 2 saturated carbocycles. The standard InChI is InChI=1S/C17H23F2N/c1-3-7-20-17(16-11-5-4-6-12(11)16)13-8-10(2)14(18)9-15(13)19/h8-9,11-12,16-17,20H,3-7H2,1-2H3. The average Bonchev–Trinajstić information content (AvgIpc) is 2.88. The maximum atomic E-state index is 14.2. The van der Waals surface area contributed by atoms with Gasteiger partial charge in [0.25, 0.3) is 0 Å². The third-order valence-electron chi connectivity index (χ3n) is 5.08. The summed E-state index contributed by atoms with van der Waals surface area (Å²) in [6.45, 7) is 4.71. The van der Waals surface area contributed by atoms with E-state index in [9.17, 15) is 8.78 Å². The smallest absolute Gasteiger partial charge is 0.130 e. The van der Waals surface area contributed by atoms with Gasteiger partial charge in [0.2, 0.25) is 0 Å². The second-order valence-corrected chi connectivity index (χ2v) is 6.39. The van der Waals surface area contributed by atoms with Gasteiger partial charge in [0.15, 0.2) is 0 Å². The molecular formula is C17H23F2N. The van der Waals surface area contributed by atoms with Gasteiger partial charge in [-0.15, -0.1) is 0 Å². The third kappa shape index (κ3) is 2.37. The zero-order valence-electron chi connectivity index (χ0n) is 12.3. The van der Waals surface area contributed by atoms with Gasteiger partial charge in [0.1, 0.15) is 11.6 Å². The van der Waals surface area contributed by atoms with Crippen LogP contribution in [0.1, 0.15) is 49.8 Å². The summed E-state index contributed by atoms with van der Waals surface area (Å²) in [4.78, 5) is 0. The van der Waals surface area contributed by atoms with Crippen molar-refractivity contribution in [1.82, 2.24) is 5.32 Å². The predicted molar refractivity (Wildman–Crippen MR) is 76.5 cm³/mol. The first-order valence-corrected chi connectivity index (χ1v) is 7.82. The van der Waals surface area contributed by atoms with Crippen molar-refractivity contribution in [3.05, 3.63) is 34.9 Å². The quantitative estimate of drug-likeness (QED) is 0.844. The molecule has 0 aliphatic heterocycles. The van der Waals surface area contributed by atoms with Crippen molar-refractivity contribution in [1.29, 1.82) is 0 Å². The van der Waals surface area contributed by atoms with Gasteiger partial charge in [-0.2, -0.15) is 0 Å². The van der Waals surface area contributed by atoms with E-state index in [-0.39, 0.29) is 6.04 Å². The second-order valence-electron chi connectivity index (χ2n) is 6.39. The highest BCUT2D eigenvalue weighted by atomic mass is 19.1. The van der Waals surface area contributed by atoms with Gasteiger partial charge in [0.05, 0.1) is 0 Å². The van der Waals surface area contributed by atoms with Crippen LogP contribution < -0.4 is 5.32 Å². The van der Waals surface area contributed by atoms with E-state index in [1.54, 1.807) is 13.0 Å². The summed E-state index contributed by atoms with van der Waals surface area (Å²) in [5.41, 5.74) is 1.20. The molecule has 0 bridgehead atoms. The Kier molecular flexibility index (Phi) is 3.80. The van der Waals surface area contributed by atoms with E-state index < -0.39 is 11.6 Å². The Morgan fingerprint density at radius 2 is 1.90 bits per heavy atom. The maximum absolute atomic E-state index is 14.2. The summed E-state index contributed by atoms with van der Waals surface area (Å²) >= 11 is 0. The van der Waals surface area contributed by atoms with Gasteiger partial charge in [-0.25, -0.2) is 8.78 Å². The molecule has 2 aliphatic carbocycles. The highest BCUT2D eigenvalue weighted by molar-refractivity contribution is 5.30. The molecule has 1 aromatic carbocycles. The van der Waals surface area contributed by atoms with E-state index in [2.05, 4.69) is 12.2 Å². The zero-order chi connectivity index (χ0) is 14.3. The molecule has 0 amide bonds. The maximum Gasteiger partial charge on any atom is 0.130 e. The minimum absolute atomic E-state index is 0.0598. The van der Waals surface area contributed by atoms with Gasteiger partial charge in [-0.1, -0.05) is 13.3 Å². The highest BCUT2D eigenvalue weighted by Gasteiger charge is 2.56. The Morgan fingerprint density at radius 1 is 1.20 bits per heavy atom. The van der Waals surface area contributed by atoms with Crippen molar-refractivity contribution in [3.63, 3.8) is 0 Å². The first-order chi connectivity index (χ1) is 9.63. The fraction of sp³-hybridized carbons (Fsp3) is 0.647. The molecule has 0 saturated heterocycles. The molecule has 3 atom stereocenters. The van der Waals surface area contributed by atoms with Crippen LogP contribution in [0.4, 0.5) is 8.78 Å². The number of benzene rings is 1. The summed E-state index contributed by atoms with van der Waals surface area (Å²) < 4.78 is 27.7. The van der Waals surface area contributed by atoms with Crippen molar-refractivity contribution in [3.8, 4) is 0 Å². The minimum Gasteiger partial charge on any atom is -0.310 e. The fourth-order valence-electron chi connectivity index (χ4n) is 4.04. The number of aryl methyl sites for hydroxylation is 1. The zero-order valence-corrected chi connectivity index (χ0v) is 12.3. The Balaban J connectivity index is 1.87. The molecule has 3 rings (SSSR count). The van der Waals surface area contributed by atoms with Gasteiger partial charge in [-0.3, -0.25) is 0 Å². The topological polar surface area (TPSA) is 12.0 Å². The first-order valence-electron chi connectivity index (χ1n) is 7.82. The molecule has 2 fully saturated rings. The van der Waals surface area contributed by atoms with Crippen LogP contribution in [0.25, 0.3) is 0 Å². The Labute approximate surface area is 119 Å². The SMILES string of the molecule is CCCNC(c1cc(C)c(F)cc1F)C1C2CCCC21.